The quantitative estimate of drug-likeness (QED) is 0.522. The highest BCUT2D eigenvalue weighted by atomic mass is 16.5. The molecule has 3 heterocycles. The summed E-state index contributed by atoms with van der Waals surface area (Å²) in [5, 5.41) is 16.3. The molecule has 1 spiro atoms. The van der Waals surface area contributed by atoms with Crippen molar-refractivity contribution in [2.24, 2.45) is 17.8 Å². The molecule has 3 aliphatic rings. The molecule has 0 saturated carbocycles. The molecule has 192 valence electrons. The number of aliphatic hydroxyl groups excluding tert-OH is 1. The van der Waals surface area contributed by atoms with Crippen molar-refractivity contribution in [3.05, 3.63) is 35.9 Å². The molecular weight excluding hydrogens is 446 g/mol. The van der Waals surface area contributed by atoms with Crippen LogP contribution in [0.5, 0.6) is 0 Å². The van der Waals surface area contributed by atoms with Crippen LogP contribution in [-0.4, -0.2) is 63.7 Å². The van der Waals surface area contributed by atoms with E-state index in [1.165, 1.54) is 0 Å². The zero-order valence-corrected chi connectivity index (χ0v) is 21.4. The zero-order valence-electron chi connectivity index (χ0n) is 21.4. The van der Waals surface area contributed by atoms with Gasteiger partial charge in [0, 0.05) is 12.1 Å². The van der Waals surface area contributed by atoms with Crippen molar-refractivity contribution in [3.8, 4) is 0 Å². The monoisotopic (exact) mass is 485 g/mol. The molecule has 3 saturated heterocycles. The molecule has 0 radical (unpaired) electrons. The number of carbonyl (C=O) groups excluding carboxylic acids is 3. The van der Waals surface area contributed by atoms with E-state index in [1.807, 2.05) is 65.0 Å². The highest BCUT2D eigenvalue weighted by Gasteiger charge is 2.75. The van der Waals surface area contributed by atoms with Crippen LogP contribution in [0.1, 0.15) is 59.4 Å². The van der Waals surface area contributed by atoms with E-state index in [9.17, 15) is 19.5 Å². The third-order valence-electron chi connectivity index (χ3n) is 7.94. The lowest BCUT2D eigenvalue weighted by molar-refractivity contribution is -0.147. The number of rotatable bonds is 8. The van der Waals surface area contributed by atoms with Crippen LogP contribution in [0, 0.1) is 17.8 Å². The molecule has 3 aliphatic heterocycles. The molecule has 3 fully saturated rings. The van der Waals surface area contributed by atoms with E-state index >= 15 is 0 Å². The van der Waals surface area contributed by atoms with Gasteiger partial charge in [0.05, 0.1) is 30.6 Å². The summed E-state index contributed by atoms with van der Waals surface area (Å²) >= 11 is 0. The van der Waals surface area contributed by atoms with Gasteiger partial charge in [-0.05, 0) is 45.1 Å². The summed E-state index contributed by atoms with van der Waals surface area (Å²) < 4.78 is 6.46. The Morgan fingerprint density at radius 2 is 1.91 bits per heavy atom. The molecule has 0 aromatic heterocycles. The van der Waals surface area contributed by atoms with Gasteiger partial charge in [-0.15, -0.1) is 0 Å². The van der Waals surface area contributed by atoms with Gasteiger partial charge >= 0.3 is 0 Å². The largest absolute Gasteiger partial charge is 0.394 e. The number of aliphatic hydroxyl groups is 1. The van der Waals surface area contributed by atoms with Crippen molar-refractivity contribution in [2.45, 2.75) is 89.8 Å². The van der Waals surface area contributed by atoms with Crippen LogP contribution < -0.4 is 10.6 Å². The van der Waals surface area contributed by atoms with E-state index in [4.69, 9.17) is 4.74 Å². The first-order chi connectivity index (χ1) is 16.5. The molecule has 1 aromatic carbocycles. The number of ether oxygens (including phenoxy) is 1. The Morgan fingerprint density at radius 1 is 1.23 bits per heavy atom. The van der Waals surface area contributed by atoms with Gasteiger partial charge in [-0.2, -0.15) is 0 Å². The molecule has 3 N–H and O–H groups in total. The maximum atomic E-state index is 14.0. The van der Waals surface area contributed by atoms with Crippen molar-refractivity contribution in [1.29, 1.82) is 0 Å². The average Bonchev–Trinajstić information content (AvgIpc) is 3.45. The number of hydrogen-bond donors (Lipinski definition) is 3. The molecule has 8 heteroatoms. The second-order valence-corrected chi connectivity index (χ2v) is 11.4. The first kappa shape index (κ1) is 25.6. The maximum absolute atomic E-state index is 14.0. The summed E-state index contributed by atoms with van der Waals surface area (Å²) in [6.07, 6.45) is 1.49. The van der Waals surface area contributed by atoms with Crippen LogP contribution in [0.4, 0.5) is 0 Å². The standard InChI is InChI=1S/C27H39N3O5/c1-6-16(2)18(15-31)30-22(24(33)29-26(3,4)5)27-13-12-19(35-27)20(21(27)25(30)34)23(32)28-14-17-10-8-7-9-11-17/h7-11,16,18-22,31H,6,12-15H2,1-5H3,(H,28,32)(H,29,33)/t16-,18-,19+,20-,21-,22?,27?/m0/s1. The molecule has 1 aromatic rings. The number of fused-ring (bicyclic) bond motifs is 1. The van der Waals surface area contributed by atoms with Crippen molar-refractivity contribution in [2.75, 3.05) is 6.61 Å². The Hall–Kier alpha value is -2.45. The molecule has 35 heavy (non-hydrogen) atoms. The summed E-state index contributed by atoms with van der Waals surface area (Å²) in [5.74, 6) is -2.20. The summed E-state index contributed by atoms with van der Waals surface area (Å²) in [6.45, 7) is 9.77. The molecular formula is C27H39N3O5. The summed E-state index contributed by atoms with van der Waals surface area (Å²) in [5.41, 5.74) is -0.597. The van der Waals surface area contributed by atoms with Gasteiger partial charge in [0.2, 0.25) is 17.7 Å². The van der Waals surface area contributed by atoms with E-state index in [1.54, 1.807) is 4.90 Å². The Kier molecular flexibility index (Phi) is 6.99. The Labute approximate surface area is 207 Å². The van der Waals surface area contributed by atoms with Crippen LogP contribution in [0.15, 0.2) is 30.3 Å². The Morgan fingerprint density at radius 3 is 2.51 bits per heavy atom. The minimum atomic E-state index is -1.06. The highest BCUT2D eigenvalue weighted by molar-refractivity contribution is 5.99. The van der Waals surface area contributed by atoms with Crippen molar-refractivity contribution < 1.29 is 24.2 Å². The number of nitrogens with zero attached hydrogens (tertiary/aromatic N) is 1. The summed E-state index contributed by atoms with van der Waals surface area (Å²) in [7, 11) is 0. The highest BCUT2D eigenvalue weighted by Crippen LogP contribution is 2.59. The summed E-state index contributed by atoms with van der Waals surface area (Å²) in [6, 6.07) is 8.21. The molecule has 7 atom stereocenters. The molecule has 2 bridgehead atoms. The summed E-state index contributed by atoms with van der Waals surface area (Å²) in [4.78, 5) is 42.7. The topological polar surface area (TPSA) is 108 Å². The molecule has 3 amide bonds. The van der Waals surface area contributed by atoms with Gasteiger partial charge in [0.1, 0.15) is 11.6 Å². The number of carbonyl (C=O) groups is 3. The fourth-order valence-electron chi connectivity index (χ4n) is 6.20. The van der Waals surface area contributed by atoms with E-state index in [0.29, 0.717) is 19.4 Å². The zero-order chi connectivity index (χ0) is 25.5. The predicted octanol–water partition coefficient (Wildman–Crippen LogP) is 2.00. The number of amides is 3. The van der Waals surface area contributed by atoms with Crippen molar-refractivity contribution in [3.63, 3.8) is 0 Å². The Bertz CT molecular complexity index is 961. The number of benzene rings is 1. The van der Waals surface area contributed by atoms with Gasteiger partial charge in [-0.1, -0.05) is 50.6 Å². The van der Waals surface area contributed by atoms with Gasteiger partial charge in [-0.25, -0.2) is 0 Å². The number of nitrogens with one attached hydrogen (secondary N) is 2. The first-order valence-corrected chi connectivity index (χ1v) is 12.8. The molecule has 2 unspecified atom stereocenters. The second kappa shape index (κ2) is 9.54. The van der Waals surface area contributed by atoms with E-state index in [0.717, 1.165) is 12.0 Å². The minimum absolute atomic E-state index is 0.0216. The van der Waals surface area contributed by atoms with Crippen LogP contribution in [0.3, 0.4) is 0 Å². The minimum Gasteiger partial charge on any atom is -0.394 e. The lowest BCUT2D eigenvalue weighted by Gasteiger charge is -2.40. The number of hydrogen-bond acceptors (Lipinski definition) is 5. The molecule has 0 aliphatic carbocycles. The Balaban J connectivity index is 1.68. The SMILES string of the molecule is CC[C@H](C)[C@H](CO)N1C(=O)[C@@H]2[C@@H](C(=O)NCc3ccccc3)[C@H]3CCC2(O3)C1C(=O)NC(C)(C)C. The van der Waals surface area contributed by atoms with Gasteiger partial charge < -0.3 is 25.4 Å². The van der Waals surface area contributed by atoms with Crippen molar-refractivity contribution in [1.82, 2.24) is 15.5 Å². The normalized spacial score (nSPS) is 31.3. The van der Waals surface area contributed by atoms with Crippen LogP contribution in [-0.2, 0) is 25.7 Å². The van der Waals surface area contributed by atoms with Gasteiger partial charge in [-0.3, -0.25) is 14.4 Å². The van der Waals surface area contributed by atoms with Gasteiger partial charge in [0.25, 0.3) is 0 Å². The van der Waals surface area contributed by atoms with Crippen molar-refractivity contribution >= 4 is 17.7 Å². The fraction of sp³-hybridized carbons (Fsp3) is 0.667. The van der Waals surface area contributed by atoms with E-state index < -0.39 is 41.2 Å². The smallest absolute Gasteiger partial charge is 0.246 e. The average molecular weight is 486 g/mol. The lowest BCUT2D eigenvalue weighted by atomic mass is 9.70. The van der Waals surface area contributed by atoms with E-state index in [2.05, 4.69) is 10.6 Å². The second-order valence-electron chi connectivity index (χ2n) is 11.4. The third-order valence-corrected chi connectivity index (χ3v) is 7.94. The predicted molar refractivity (Wildman–Crippen MR) is 131 cm³/mol. The third kappa shape index (κ3) is 4.47. The van der Waals surface area contributed by atoms with Gasteiger partial charge in [0.15, 0.2) is 0 Å². The number of likely N-dealkylation sites (tertiary alicyclic amines) is 1. The van der Waals surface area contributed by atoms with Crippen LogP contribution in [0.25, 0.3) is 0 Å². The van der Waals surface area contributed by atoms with Crippen LogP contribution in [0.2, 0.25) is 0 Å². The van der Waals surface area contributed by atoms with E-state index in [-0.39, 0.29) is 30.2 Å². The maximum Gasteiger partial charge on any atom is 0.246 e. The molecule has 8 nitrogen and oxygen atoms in total. The lowest BCUT2D eigenvalue weighted by Crippen LogP contribution is -2.61. The van der Waals surface area contributed by atoms with Crippen LogP contribution >= 0.6 is 0 Å². The first-order valence-electron chi connectivity index (χ1n) is 12.8. The fourth-order valence-corrected chi connectivity index (χ4v) is 6.20. The molecule has 4 rings (SSSR count).